The molecule has 2 aliphatic rings. The fraction of sp³-hybridized carbons (Fsp3) is 0.162. The molecule has 0 spiro atoms. The van der Waals surface area contributed by atoms with E-state index in [1.165, 1.54) is 121 Å². The predicted octanol–water partition coefficient (Wildman–Crippen LogP) is 20.9. The van der Waals surface area contributed by atoms with E-state index in [0.717, 1.165) is 0 Å². The average Bonchev–Trinajstić information content (AvgIpc) is 4.21. The van der Waals surface area contributed by atoms with Gasteiger partial charge in [0.05, 0.1) is 5.41 Å². The molecule has 374 valence electrons. The van der Waals surface area contributed by atoms with Crippen LogP contribution in [0.2, 0.25) is 0 Å². The Labute approximate surface area is 504 Å². The molecule has 0 fully saturated rings. The Morgan fingerprint density at radius 2 is 0.632 bits per heavy atom. The Morgan fingerprint density at radius 3 is 1.12 bits per heavy atom. The molecule has 12 aromatic rings. The topological polar surface area (TPSA) is 0 Å². The molecule has 2 heteroatoms. The van der Waals surface area contributed by atoms with E-state index in [4.69, 9.17) is 0 Å². The van der Waals surface area contributed by atoms with Crippen LogP contribution in [-0.2, 0) is 76.2 Å². The molecule has 0 saturated heterocycles. The van der Waals surface area contributed by atoms with E-state index in [1.807, 2.05) is 55.4 Å². The van der Waals surface area contributed by atoms with E-state index in [-0.39, 0.29) is 76.2 Å². The van der Waals surface area contributed by atoms with Crippen LogP contribution in [-0.4, -0.2) is 0 Å². The molecule has 0 heterocycles. The zero-order chi connectivity index (χ0) is 52.0. The van der Waals surface area contributed by atoms with Crippen molar-refractivity contribution >= 4 is 43.1 Å². The van der Waals surface area contributed by atoms with Crippen molar-refractivity contribution in [1.82, 2.24) is 0 Å². The molecule has 0 saturated carbocycles. The van der Waals surface area contributed by atoms with Gasteiger partial charge in [0.15, 0.2) is 0 Å². The third kappa shape index (κ3) is 9.16. The molecular formula is C74H70Y2-2. The Hall–Kier alpha value is -5.85. The summed E-state index contributed by atoms with van der Waals surface area (Å²) >= 11 is 0. The van der Waals surface area contributed by atoms with E-state index in [2.05, 4.69) is 257 Å². The fourth-order valence-electron chi connectivity index (χ4n) is 12.5. The van der Waals surface area contributed by atoms with Gasteiger partial charge in [-0.2, -0.15) is 0 Å². The van der Waals surface area contributed by atoms with E-state index in [9.17, 15) is 0 Å². The maximum atomic E-state index is 2.49. The van der Waals surface area contributed by atoms with Crippen LogP contribution in [0.1, 0.15) is 111 Å². The summed E-state index contributed by atoms with van der Waals surface area (Å²) in [5.41, 5.74) is 18.2. The van der Waals surface area contributed by atoms with Crippen LogP contribution >= 0.6 is 0 Å². The molecule has 0 aliphatic heterocycles. The van der Waals surface area contributed by atoms with Crippen LogP contribution in [0, 0.1) is 13.8 Å². The van der Waals surface area contributed by atoms with Crippen molar-refractivity contribution in [2.75, 3.05) is 0 Å². The molecule has 14 rings (SSSR count). The molecule has 0 bridgehead atoms. The maximum Gasteiger partial charge on any atom is 0.0700 e. The summed E-state index contributed by atoms with van der Waals surface area (Å²) in [6.45, 7) is 20.6. The zero-order valence-corrected chi connectivity index (χ0v) is 51.9. The van der Waals surface area contributed by atoms with Crippen molar-refractivity contribution < 1.29 is 65.4 Å². The first-order valence-electron chi connectivity index (χ1n) is 27.3. The standard InChI is InChI=1S/2C33H23.4C2H6.2Y/c1-22-25-16-8-9-17-26(25)29-21-32-30(20-28(22)29)27-18-10-11-19-31(27)33(32,23-12-4-2-5-13-23)24-14-6-3-7-15-24;1-22-25-16-8-9-17-26(25)28-20-21-29-27-18-10-11-19-30(27)33(32(29)31(22)28,23-12-4-2-5-13-23)24-14-6-3-7-15-24;4*1-2;;/h2*2-21H,1H3;4*1-2H3;;/q2*-1;;;;;;. The number of fused-ring (bicyclic) bond motifs is 13. The normalized spacial score (nSPS) is 12.3. The molecular weight excluding hydrogens is 1070 g/mol. The molecule has 0 N–H and O–H groups in total. The smallest absolute Gasteiger partial charge is 0.0700 e. The van der Waals surface area contributed by atoms with Crippen molar-refractivity contribution in [2.24, 2.45) is 0 Å². The predicted molar refractivity (Wildman–Crippen MR) is 324 cm³/mol. The van der Waals surface area contributed by atoms with Crippen molar-refractivity contribution in [3.63, 3.8) is 0 Å². The molecule has 0 atom stereocenters. The molecule has 0 amide bonds. The van der Waals surface area contributed by atoms with Crippen molar-refractivity contribution in [2.45, 2.75) is 80.1 Å². The van der Waals surface area contributed by atoms with Crippen molar-refractivity contribution in [3.8, 4) is 22.3 Å². The zero-order valence-electron chi connectivity index (χ0n) is 46.2. The largest absolute Gasteiger partial charge is 0.120 e. The second-order valence-electron chi connectivity index (χ2n) is 18.3. The quantitative estimate of drug-likeness (QED) is 0.154. The summed E-state index contributed by atoms with van der Waals surface area (Å²) < 4.78 is 0. The number of rotatable bonds is 4. The van der Waals surface area contributed by atoms with Gasteiger partial charge in [-0.1, -0.05) is 299 Å². The van der Waals surface area contributed by atoms with Gasteiger partial charge in [-0.05, 0) is 61.2 Å². The Balaban J connectivity index is 0.000000191. The summed E-state index contributed by atoms with van der Waals surface area (Å²) in [4.78, 5) is 0. The van der Waals surface area contributed by atoms with Crippen molar-refractivity contribution in [3.05, 3.63) is 298 Å². The van der Waals surface area contributed by atoms with Gasteiger partial charge in [0.25, 0.3) is 0 Å². The first-order chi connectivity index (χ1) is 36.6. The summed E-state index contributed by atoms with van der Waals surface area (Å²) in [7, 11) is 0. The van der Waals surface area contributed by atoms with E-state index >= 15 is 0 Å². The Kier molecular flexibility index (Phi) is 19.4. The fourth-order valence-corrected chi connectivity index (χ4v) is 12.5. The van der Waals surface area contributed by atoms with Gasteiger partial charge in [-0.3, -0.25) is 0 Å². The number of benzene rings is 10. The minimum Gasteiger partial charge on any atom is -0.120 e. The third-order valence-corrected chi connectivity index (χ3v) is 15.2. The number of hydrogen-bond donors (Lipinski definition) is 0. The van der Waals surface area contributed by atoms with Crippen LogP contribution < -0.4 is 0 Å². The van der Waals surface area contributed by atoms with Crippen LogP contribution in [0.25, 0.3) is 65.3 Å². The summed E-state index contributed by atoms with van der Waals surface area (Å²) in [5, 5.41) is 10.9. The van der Waals surface area contributed by atoms with Crippen LogP contribution in [0.5, 0.6) is 0 Å². The van der Waals surface area contributed by atoms with Gasteiger partial charge in [0.1, 0.15) is 0 Å². The van der Waals surface area contributed by atoms with E-state index < -0.39 is 0 Å². The molecule has 0 aromatic heterocycles. The second-order valence-corrected chi connectivity index (χ2v) is 18.3. The van der Waals surface area contributed by atoms with Gasteiger partial charge < -0.3 is 0 Å². The summed E-state index contributed by atoms with van der Waals surface area (Å²) in [6.07, 6.45) is 0. The molecule has 2 aliphatic carbocycles. The summed E-state index contributed by atoms with van der Waals surface area (Å²) in [6, 6.07) is 89.5. The molecule has 12 aromatic carbocycles. The second kappa shape index (κ2) is 25.5. The SMILES string of the molecule is CC.CC.CC.CC.C[c-]1c2ccccc2c2cc3c(cc21)-c1ccccc1C3(c1ccccc1)c1ccccc1.C[c-]1c2ccccc2c2ccc3c(c21)C(c1ccccc1)(c1ccccc1)c1ccccc1-3.[Y].[Y]. The average molecular weight is 1140 g/mol. The van der Waals surface area contributed by atoms with E-state index in [1.54, 1.807) is 0 Å². The van der Waals surface area contributed by atoms with Gasteiger partial charge in [-0.25, -0.2) is 0 Å². The van der Waals surface area contributed by atoms with Crippen LogP contribution in [0.4, 0.5) is 0 Å². The monoisotopic (exact) mass is 1140 g/mol. The molecule has 0 nitrogen and oxygen atoms in total. The number of aryl methyl sites for hydroxylation is 2. The van der Waals surface area contributed by atoms with Gasteiger partial charge in [0, 0.05) is 70.8 Å². The van der Waals surface area contributed by atoms with Crippen LogP contribution in [0.3, 0.4) is 0 Å². The minimum atomic E-state index is -0.358. The minimum absolute atomic E-state index is 0. The van der Waals surface area contributed by atoms with Gasteiger partial charge in [0.2, 0.25) is 0 Å². The first-order valence-corrected chi connectivity index (χ1v) is 27.3. The van der Waals surface area contributed by atoms with Crippen LogP contribution in [0.15, 0.2) is 243 Å². The maximum absolute atomic E-state index is 2.49. The third-order valence-electron chi connectivity index (χ3n) is 15.2. The molecule has 2 radical (unpaired) electrons. The Bertz CT molecular complexity index is 3720. The van der Waals surface area contributed by atoms with Crippen molar-refractivity contribution in [1.29, 1.82) is 0 Å². The first kappa shape index (κ1) is 57.8. The number of hydrogen-bond acceptors (Lipinski definition) is 0. The Morgan fingerprint density at radius 1 is 0.263 bits per heavy atom. The molecule has 0 unspecified atom stereocenters. The summed E-state index contributed by atoms with van der Waals surface area (Å²) in [5.74, 6) is 0. The molecule has 76 heavy (non-hydrogen) atoms. The van der Waals surface area contributed by atoms with Gasteiger partial charge in [-0.15, -0.1) is 72.4 Å². The van der Waals surface area contributed by atoms with Gasteiger partial charge >= 0.3 is 0 Å². The van der Waals surface area contributed by atoms with E-state index in [0.29, 0.717) is 0 Å².